The van der Waals surface area contributed by atoms with E-state index in [9.17, 15) is 5.11 Å². The molecule has 120 valence electrons. The second-order valence-electron chi connectivity index (χ2n) is 6.05. The fourth-order valence-corrected chi connectivity index (χ4v) is 3.19. The number of aliphatic hydroxyl groups is 1. The molecule has 4 heteroatoms. The maximum Gasteiger partial charge on any atom is 0.0589 e. The summed E-state index contributed by atoms with van der Waals surface area (Å²) in [7, 11) is 3.49. The highest BCUT2D eigenvalue weighted by molar-refractivity contribution is 4.81. The molecule has 4 nitrogen and oxygen atoms in total. The van der Waals surface area contributed by atoms with Crippen LogP contribution in [0.2, 0.25) is 0 Å². The fourth-order valence-electron chi connectivity index (χ4n) is 3.19. The summed E-state index contributed by atoms with van der Waals surface area (Å²) in [5, 5.41) is 10.2. The summed E-state index contributed by atoms with van der Waals surface area (Å²) >= 11 is 0. The number of hydrogen-bond acceptors (Lipinski definition) is 4. The molecular formula is C16H33NO3. The third-order valence-electron chi connectivity index (χ3n) is 4.56. The van der Waals surface area contributed by atoms with Crippen LogP contribution in [-0.2, 0) is 9.47 Å². The van der Waals surface area contributed by atoms with Crippen LogP contribution < -0.4 is 0 Å². The van der Waals surface area contributed by atoms with Gasteiger partial charge in [0.05, 0.1) is 12.7 Å². The number of ether oxygens (including phenoxy) is 2. The highest BCUT2D eigenvalue weighted by Gasteiger charge is 2.29. The van der Waals surface area contributed by atoms with Crippen molar-refractivity contribution in [2.45, 2.75) is 45.1 Å². The van der Waals surface area contributed by atoms with Gasteiger partial charge in [0.15, 0.2) is 0 Å². The van der Waals surface area contributed by atoms with E-state index >= 15 is 0 Å². The van der Waals surface area contributed by atoms with Crippen LogP contribution in [0.4, 0.5) is 0 Å². The molecule has 0 spiro atoms. The molecule has 3 atom stereocenters. The first-order chi connectivity index (χ1) is 9.71. The van der Waals surface area contributed by atoms with Crippen molar-refractivity contribution in [3.05, 3.63) is 0 Å². The Labute approximate surface area is 124 Å². The van der Waals surface area contributed by atoms with Crippen molar-refractivity contribution in [3.8, 4) is 0 Å². The molecule has 0 bridgehead atoms. The predicted molar refractivity (Wildman–Crippen MR) is 81.9 cm³/mol. The minimum Gasteiger partial charge on any atom is -0.393 e. The van der Waals surface area contributed by atoms with E-state index in [1.165, 1.54) is 19.3 Å². The minimum atomic E-state index is -0.120. The number of nitrogens with zero attached hydrogens (tertiary/aromatic N) is 1. The van der Waals surface area contributed by atoms with E-state index in [2.05, 4.69) is 11.8 Å². The number of methoxy groups -OCH3 is 2. The monoisotopic (exact) mass is 287 g/mol. The molecule has 0 aromatic rings. The van der Waals surface area contributed by atoms with Crippen LogP contribution in [0, 0.1) is 11.8 Å². The van der Waals surface area contributed by atoms with Gasteiger partial charge in [-0.3, -0.25) is 0 Å². The van der Waals surface area contributed by atoms with Gasteiger partial charge < -0.3 is 19.5 Å². The van der Waals surface area contributed by atoms with Gasteiger partial charge in [0.1, 0.15) is 0 Å². The molecule has 1 aliphatic rings. The van der Waals surface area contributed by atoms with Crippen LogP contribution in [0.5, 0.6) is 0 Å². The Bertz CT molecular complexity index is 238. The van der Waals surface area contributed by atoms with E-state index in [4.69, 9.17) is 9.47 Å². The average molecular weight is 287 g/mol. The van der Waals surface area contributed by atoms with E-state index in [1.807, 2.05) is 0 Å². The van der Waals surface area contributed by atoms with Crippen LogP contribution >= 0.6 is 0 Å². The van der Waals surface area contributed by atoms with Gasteiger partial charge in [0.2, 0.25) is 0 Å². The summed E-state index contributed by atoms with van der Waals surface area (Å²) in [4.78, 5) is 2.43. The number of aliphatic hydroxyl groups excluding tert-OH is 1. The third-order valence-corrected chi connectivity index (χ3v) is 4.56. The Kier molecular flexibility index (Phi) is 9.44. The molecule has 0 aromatic heterocycles. The van der Waals surface area contributed by atoms with Gasteiger partial charge in [0, 0.05) is 40.5 Å². The SMILES string of the molecule is CCC1CCC(O)C(CN(CCCOC)CCOC)C1. The van der Waals surface area contributed by atoms with Crippen molar-refractivity contribution in [1.29, 1.82) is 0 Å². The van der Waals surface area contributed by atoms with Crippen molar-refractivity contribution in [3.63, 3.8) is 0 Å². The molecule has 1 fully saturated rings. The zero-order valence-electron chi connectivity index (χ0n) is 13.5. The summed E-state index contributed by atoms with van der Waals surface area (Å²) in [5.41, 5.74) is 0. The van der Waals surface area contributed by atoms with Crippen molar-refractivity contribution in [2.75, 3.05) is 47.1 Å². The van der Waals surface area contributed by atoms with Crippen LogP contribution in [0.1, 0.15) is 39.0 Å². The molecule has 0 heterocycles. The van der Waals surface area contributed by atoms with Gasteiger partial charge in [-0.15, -0.1) is 0 Å². The highest BCUT2D eigenvalue weighted by atomic mass is 16.5. The second kappa shape index (κ2) is 10.6. The Morgan fingerprint density at radius 1 is 1.10 bits per heavy atom. The topological polar surface area (TPSA) is 41.9 Å². The molecule has 20 heavy (non-hydrogen) atoms. The standard InChI is InChI=1S/C16H33NO3/c1-4-14-6-7-16(18)15(12-14)13-17(9-11-20-3)8-5-10-19-2/h14-16,18H,4-13H2,1-3H3. The van der Waals surface area contributed by atoms with E-state index in [-0.39, 0.29) is 6.10 Å². The molecule has 0 saturated heterocycles. The number of hydrogen-bond donors (Lipinski definition) is 1. The molecule has 0 aromatic carbocycles. The largest absolute Gasteiger partial charge is 0.393 e. The summed E-state index contributed by atoms with van der Waals surface area (Å²) < 4.78 is 10.3. The van der Waals surface area contributed by atoms with Crippen LogP contribution in [0.3, 0.4) is 0 Å². The van der Waals surface area contributed by atoms with Crippen molar-refractivity contribution in [1.82, 2.24) is 4.90 Å². The predicted octanol–water partition coefficient (Wildman–Crippen LogP) is 2.16. The van der Waals surface area contributed by atoms with Gasteiger partial charge in [0.25, 0.3) is 0 Å². The first kappa shape index (κ1) is 17.9. The first-order valence-corrected chi connectivity index (χ1v) is 8.09. The van der Waals surface area contributed by atoms with Gasteiger partial charge in [-0.2, -0.15) is 0 Å². The number of rotatable bonds is 10. The van der Waals surface area contributed by atoms with Crippen LogP contribution in [0.25, 0.3) is 0 Å². The van der Waals surface area contributed by atoms with Gasteiger partial charge >= 0.3 is 0 Å². The minimum absolute atomic E-state index is 0.120. The summed E-state index contributed by atoms with van der Waals surface area (Å²) in [5.74, 6) is 1.22. The normalized spacial score (nSPS) is 27.1. The van der Waals surface area contributed by atoms with E-state index in [0.717, 1.165) is 51.6 Å². The molecule has 0 aliphatic heterocycles. The van der Waals surface area contributed by atoms with Crippen LogP contribution in [0.15, 0.2) is 0 Å². The molecular weight excluding hydrogens is 254 g/mol. The average Bonchev–Trinajstić information content (AvgIpc) is 2.46. The van der Waals surface area contributed by atoms with Gasteiger partial charge in [-0.25, -0.2) is 0 Å². The van der Waals surface area contributed by atoms with Crippen molar-refractivity contribution >= 4 is 0 Å². The lowest BCUT2D eigenvalue weighted by Crippen LogP contribution is -2.40. The van der Waals surface area contributed by atoms with E-state index in [0.29, 0.717) is 5.92 Å². The zero-order chi connectivity index (χ0) is 14.8. The second-order valence-corrected chi connectivity index (χ2v) is 6.05. The molecule has 0 radical (unpaired) electrons. The lowest BCUT2D eigenvalue weighted by atomic mass is 9.78. The lowest BCUT2D eigenvalue weighted by Gasteiger charge is -2.36. The molecule has 0 amide bonds. The molecule has 1 saturated carbocycles. The Hall–Kier alpha value is -0.160. The fraction of sp³-hybridized carbons (Fsp3) is 1.00. The van der Waals surface area contributed by atoms with E-state index < -0.39 is 0 Å². The zero-order valence-corrected chi connectivity index (χ0v) is 13.5. The highest BCUT2D eigenvalue weighted by Crippen LogP contribution is 2.31. The van der Waals surface area contributed by atoms with Crippen molar-refractivity contribution in [2.24, 2.45) is 11.8 Å². The third kappa shape index (κ3) is 6.53. The Morgan fingerprint density at radius 3 is 2.50 bits per heavy atom. The maximum atomic E-state index is 10.2. The first-order valence-electron chi connectivity index (χ1n) is 8.09. The van der Waals surface area contributed by atoms with Gasteiger partial charge in [-0.1, -0.05) is 13.3 Å². The Morgan fingerprint density at radius 2 is 1.85 bits per heavy atom. The van der Waals surface area contributed by atoms with Crippen molar-refractivity contribution < 1.29 is 14.6 Å². The summed E-state index contributed by atoms with van der Waals surface area (Å²) in [6.07, 6.45) is 5.50. The molecule has 1 aliphatic carbocycles. The molecule has 1 rings (SSSR count). The van der Waals surface area contributed by atoms with Gasteiger partial charge in [-0.05, 0) is 37.5 Å². The maximum absolute atomic E-state index is 10.2. The summed E-state index contributed by atoms with van der Waals surface area (Å²) in [6, 6.07) is 0. The molecule has 3 unspecified atom stereocenters. The quantitative estimate of drug-likeness (QED) is 0.625. The molecule has 1 N–H and O–H groups in total. The summed E-state index contributed by atoms with van der Waals surface area (Å²) in [6.45, 7) is 6.78. The lowest BCUT2D eigenvalue weighted by molar-refractivity contribution is 0.0205. The Balaban J connectivity index is 2.43. The van der Waals surface area contributed by atoms with E-state index in [1.54, 1.807) is 14.2 Å². The van der Waals surface area contributed by atoms with Crippen LogP contribution in [-0.4, -0.2) is 63.2 Å². The smallest absolute Gasteiger partial charge is 0.0589 e.